The molecule has 1 heterocycles. The highest BCUT2D eigenvalue weighted by atomic mass is 16.2. The fourth-order valence-electron chi connectivity index (χ4n) is 1.47. The molecule has 1 unspecified atom stereocenters. The van der Waals surface area contributed by atoms with Gasteiger partial charge in [0.25, 0.3) is 0 Å². The number of nitrogens with two attached hydrogens (primary N) is 1. The molecule has 3 N–H and O–H groups in total. The highest BCUT2D eigenvalue weighted by Crippen LogP contribution is 2.04. The van der Waals surface area contributed by atoms with Crippen LogP contribution in [-0.2, 0) is 18.4 Å². The quantitative estimate of drug-likeness (QED) is 0.763. The van der Waals surface area contributed by atoms with E-state index in [4.69, 9.17) is 5.73 Å². The van der Waals surface area contributed by atoms with E-state index in [1.54, 1.807) is 10.9 Å². The summed E-state index contributed by atoms with van der Waals surface area (Å²) >= 11 is 0. The normalized spacial score (nSPS) is 12.5. The SMILES string of the molecule is CCCC(N)C(=O)NCc1cnn(C)c1C. The number of rotatable bonds is 5. The predicted molar refractivity (Wildman–Crippen MR) is 62.7 cm³/mol. The van der Waals surface area contributed by atoms with Gasteiger partial charge in [0.2, 0.25) is 5.91 Å². The number of carbonyl (C=O) groups excluding carboxylic acids is 1. The zero-order valence-electron chi connectivity index (χ0n) is 10.2. The summed E-state index contributed by atoms with van der Waals surface area (Å²) in [5.41, 5.74) is 7.79. The minimum absolute atomic E-state index is 0.0925. The highest BCUT2D eigenvalue weighted by molar-refractivity contribution is 5.81. The van der Waals surface area contributed by atoms with Crippen LogP contribution in [0.1, 0.15) is 31.0 Å². The van der Waals surface area contributed by atoms with Gasteiger partial charge in [-0.25, -0.2) is 0 Å². The third-order valence-corrected chi connectivity index (χ3v) is 2.73. The van der Waals surface area contributed by atoms with Crippen molar-refractivity contribution in [3.8, 4) is 0 Å². The van der Waals surface area contributed by atoms with Gasteiger partial charge >= 0.3 is 0 Å². The van der Waals surface area contributed by atoms with Gasteiger partial charge < -0.3 is 11.1 Å². The van der Waals surface area contributed by atoms with Crippen molar-refractivity contribution in [2.24, 2.45) is 12.8 Å². The van der Waals surface area contributed by atoms with E-state index < -0.39 is 6.04 Å². The number of nitrogens with zero attached hydrogens (tertiary/aromatic N) is 2. The Morgan fingerprint density at radius 1 is 1.69 bits per heavy atom. The largest absolute Gasteiger partial charge is 0.351 e. The van der Waals surface area contributed by atoms with Gasteiger partial charge in [-0.2, -0.15) is 5.10 Å². The lowest BCUT2D eigenvalue weighted by Gasteiger charge is -2.10. The van der Waals surface area contributed by atoms with Crippen molar-refractivity contribution in [3.05, 3.63) is 17.5 Å². The lowest BCUT2D eigenvalue weighted by Crippen LogP contribution is -2.40. The topological polar surface area (TPSA) is 72.9 Å². The second kappa shape index (κ2) is 5.65. The number of nitrogens with one attached hydrogen (secondary N) is 1. The lowest BCUT2D eigenvalue weighted by molar-refractivity contribution is -0.122. The molecule has 0 saturated carbocycles. The Bertz CT molecular complexity index is 359. The van der Waals surface area contributed by atoms with Crippen molar-refractivity contribution in [3.63, 3.8) is 0 Å². The molecule has 16 heavy (non-hydrogen) atoms. The van der Waals surface area contributed by atoms with Crippen molar-refractivity contribution in [2.75, 3.05) is 0 Å². The molecule has 0 aliphatic carbocycles. The van der Waals surface area contributed by atoms with Crippen LogP contribution in [0.15, 0.2) is 6.20 Å². The first-order valence-electron chi connectivity index (χ1n) is 5.57. The summed E-state index contributed by atoms with van der Waals surface area (Å²) < 4.78 is 1.79. The monoisotopic (exact) mass is 224 g/mol. The summed E-state index contributed by atoms with van der Waals surface area (Å²) in [4.78, 5) is 11.6. The number of aromatic nitrogens is 2. The van der Waals surface area contributed by atoms with Gasteiger partial charge in [0.05, 0.1) is 12.2 Å². The van der Waals surface area contributed by atoms with Gasteiger partial charge in [-0.3, -0.25) is 9.48 Å². The van der Waals surface area contributed by atoms with Gasteiger partial charge in [0.15, 0.2) is 0 Å². The maximum atomic E-state index is 11.6. The number of hydrogen-bond acceptors (Lipinski definition) is 3. The van der Waals surface area contributed by atoms with E-state index in [1.165, 1.54) is 0 Å². The molecule has 0 saturated heterocycles. The zero-order valence-corrected chi connectivity index (χ0v) is 10.2. The Morgan fingerprint density at radius 3 is 2.88 bits per heavy atom. The minimum atomic E-state index is -0.401. The third kappa shape index (κ3) is 3.06. The summed E-state index contributed by atoms with van der Waals surface area (Å²) in [5.74, 6) is -0.0925. The summed E-state index contributed by atoms with van der Waals surface area (Å²) in [5, 5.41) is 6.93. The Kier molecular flexibility index (Phi) is 4.49. The van der Waals surface area contributed by atoms with Crippen LogP contribution in [0.5, 0.6) is 0 Å². The molecule has 1 amide bonds. The molecule has 0 bridgehead atoms. The van der Waals surface area contributed by atoms with Gasteiger partial charge in [-0.05, 0) is 13.3 Å². The molecule has 0 aromatic carbocycles. The van der Waals surface area contributed by atoms with Gasteiger partial charge in [0.1, 0.15) is 0 Å². The maximum Gasteiger partial charge on any atom is 0.237 e. The molecule has 5 nitrogen and oxygen atoms in total. The molecule has 1 aromatic rings. The number of amides is 1. The van der Waals surface area contributed by atoms with Crippen molar-refractivity contribution < 1.29 is 4.79 Å². The van der Waals surface area contributed by atoms with E-state index in [9.17, 15) is 4.79 Å². The second-order valence-corrected chi connectivity index (χ2v) is 3.99. The predicted octanol–water partition coefficient (Wildman–Crippen LogP) is 0.472. The van der Waals surface area contributed by atoms with E-state index in [2.05, 4.69) is 10.4 Å². The molecule has 1 rings (SSSR count). The van der Waals surface area contributed by atoms with Crippen LogP contribution >= 0.6 is 0 Å². The van der Waals surface area contributed by atoms with Crippen LogP contribution < -0.4 is 11.1 Å². The van der Waals surface area contributed by atoms with E-state index in [0.29, 0.717) is 6.54 Å². The van der Waals surface area contributed by atoms with Crippen molar-refractivity contribution in [1.82, 2.24) is 15.1 Å². The van der Waals surface area contributed by atoms with Crippen LogP contribution in [-0.4, -0.2) is 21.7 Å². The van der Waals surface area contributed by atoms with Crippen LogP contribution in [0, 0.1) is 6.92 Å². The number of hydrogen-bond donors (Lipinski definition) is 2. The average Bonchev–Trinajstić information content (AvgIpc) is 2.57. The van der Waals surface area contributed by atoms with Crippen LogP contribution in [0.3, 0.4) is 0 Å². The fraction of sp³-hybridized carbons (Fsp3) is 0.636. The van der Waals surface area contributed by atoms with Crippen LogP contribution in [0.2, 0.25) is 0 Å². The summed E-state index contributed by atoms with van der Waals surface area (Å²) in [6.45, 7) is 4.48. The molecule has 1 aromatic heterocycles. The maximum absolute atomic E-state index is 11.6. The van der Waals surface area contributed by atoms with E-state index in [1.807, 2.05) is 20.9 Å². The molecule has 0 aliphatic heterocycles. The molecular formula is C11H20N4O. The lowest BCUT2D eigenvalue weighted by atomic mass is 10.1. The van der Waals surface area contributed by atoms with E-state index >= 15 is 0 Å². The fourth-order valence-corrected chi connectivity index (χ4v) is 1.47. The molecule has 0 spiro atoms. The number of carbonyl (C=O) groups is 1. The zero-order chi connectivity index (χ0) is 12.1. The molecule has 0 aliphatic rings. The summed E-state index contributed by atoms with van der Waals surface area (Å²) in [6.07, 6.45) is 3.40. The number of aryl methyl sites for hydroxylation is 1. The van der Waals surface area contributed by atoms with Gasteiger partial charge in [-0.15, -0.1) is 0 Å². The van der Waals surface area contributed by atoms with Gasteiger partial charge in [-0.1, -0.05) is 13.3 Å². The second-order valence-electron chi connectivity index (χ2n) is 3.99. The Balaban J connectivity index is 2.46. The highest BCUT2D eigenvalue weighted by Gasteiger charge is 2.12. The Morgan fingerprint density at radius 2 is 2.38 bits per heavy atom. The summed E-state index contributed by atoms with van der Waals surface area (Å²) in [7, 11) is 1.88. The van der Waals surface area contributed by atoms with Crippen LogP contribution in [0.25, 0.3) is 0 Å². The first-order valence-corrected chi connectivity index (χ1v) is 5.57. The molecular weight excluding hydrogens is 204 g/mol. The Hall–Kier alpha value is -1.36. The molecule has 0 radical (unpaired) electrons. The summed E-state index contributed by atoms with van der Waals surface area (Å²) in [6, 6.07) is -0.401. The molecule has 1 atom stereocenters. The Labute approximate surface area is 96.0 Å². The first-order chi connectivity index (χ1) is 7.56. The smallest absolute Gasteiger partial charge is 0.237 e. The molecule has 0 fully saturated rings. The third-order valence-electron chi connectivity index (χ3n) is 2.73. The van der Waals surface area contributed by atoms with Crippen LogP contribution in [0.4, 0.5) is 0 Å². The van der Waals surface area contributed by atoms with Crippen molar-refractivity contribution in [1.29, 1.82) is 0 Å². The van der Waals surface area contributed by atoms with Crippen molar-refractivity contribution >= 4 is 5.91 Å². The van der Waals surface area contributed by atoms with Crippen molar-refractivity contribution in [2.45, 2.75) is 39.3 Å². The molecule has 90 valence electrons. The molecule has 5 heteroatoms. The average molecular weight is 224 g/mol. The first kappa shape index (κ1) is 12.7. The van der Waals surface area contributed by atoms with E-state index in [-0.39, 0.29) is 5.91 Å². The standard InChI is InChI=1S/C11H20N4O/c1-4-5-10(12)11(16)13-6-9-7-14-15(3)8(9)2/h7,10H,4-6,12H2,1-3H3,(H,13,16). The minimum Gasteiger partial charge on any atom is -0.351 e. The van der Waals surface area contributed by atoms with E-state index in [0.717, 1.165) is 24.1 Å². The van der Waals surface area contributed by atoms with Gasteiger partial charge in [0, 0.05) is 24.8 Å².